The predicted molar refractivity (Wildman–Crippen MR) is 132 cm³/mol. The normalized spacial score (nSPS) is 15.0. The molecule has 0 aliphatic heterocycles. The first-order valence-electron chi connectivity index (χ1n) is 10.1. The third-order valence-electron chi connectivity index (χ3n) is 5.15. The summed E-state index contributed by atoms with van der Waals surface area (Å²) in [4.78, 5) is 18.1. The van der Waals surface area contributed by atoms with Crippen LogP contribution in [0.1, 0.15) is 31.7 Å². The minimum Gasteiger partial charge on any atom is -0.382 e. The zero-order valence-electron chi connectivity index (χ0n) is 18.4. The molecule has 176 valence electrons. The number of nitrogens with two attached hydrogens (primary N) is 1. The van der Waals surface area contributed by atoms with Crippen LogP contribution in [0.3, 0.4) is 0 Å². The Hall–Kier alpha value is -1.44. The number of amides is 1. The van der Waals surface area contributed by atoms with E-state index in [1.807, 2.05) is 6.92 Å². The van der Waals surface area contributed by atoms with Crippen LogP contribution in [0.4, 0.5) is 0 Å². The molecule has 1 aromatic carbocycles. The zero-order chi connectivity index (χ0) is 22.2. The first kappa shape index (κ1) is 27.6. The van der Waals surface area contributed by atoms with E-state index in [-0.39, 0.29) is 46.7 Å². The number of halogens is 1. The van der Waals surface area contributed by atoms with Crippen molar-refractivity contribution in [1.82, 2.24) is 15.5 Å². The fourth-order valence-electron chi connectivity index (χ4n) is 2.84. The smallest absolute Gasteiger partial charge is 0.241 e. The number of aliphatic imine (C=N–C) groups is 1. The van der Waals surface area contributed by atoms with Gasteiger partial charge in [0, 0.05) is 33.9 Å². The Labute approximate surface area is 202 Å². The van der Waals surface area contributed by atoms with Gasteiger partial charge < -0.3 is 20.3 Å². The van der Waals surface area contributed by atoms with Crippen LogP contribution in [0.2, 0.25) is 0 Å². The molecule has 1 amide bonds. The maximum Gasteiger partial charge on any atom is 0.241 e. The van der Waals surface area contributed by atoms with Crippen LogP contribution in [-0.4, -0.2) is 65.6 Å². The maximum atomic E-state index is 11.9. The largest absolute Gasteiger partial charge is 0.382 e. The summed E-state index contributed by atoms with van der Waals surface area (Å²) in [6.07, 6.45) is 3.28. The summed E-state index contributed by atoms with van der Waals surface area (Å²) in [6, 6.07) is 6.28. The number of likely N-dealkylation sites (N-methyl/N-ethyl adjacent to an activating group) is 1. The Kier molecular flexibility index (Phi) is 11.2. The summed E-state index contributed by atoms with van der Waals surface area (Å²) in [5.74, 6) is 0.489. The summed E-state index contributed by atoms with van der Waals surface area (Å²) in [5, 5.41) is 11.6. The van der Waals surface area contributed by atoms with E-state index in [9.17, 15) is 13.2 Å². The molecule has 31 heavy (non-hydrogen) atoms. The summed E-state index contributed by atoms with van der Waals surface area (Å²) in [6.45, 7) is 4.68. The molecule has 0 aromatic heterocycles. The van der Waals surface area contributed by atoms with Gasteiger partial charge in [0.1, 0.15) is 0 Å². The number of hydrogen-bond donors (Lipinski definition) is 3. The number of nitrogens with zero attached hydrogens (tertiary/aromatic N) is 2. The molecule has 2 rings (SSSR count). The van der Waals surface area contributed by atoms with Gasteiger partial charge >= 0.3 is 0 Å². The Morgan fingerprint density at radius 2 is 1.87 bits per heavy atom. The molecule has 1 fully saturated rings. The van der Waals surface area contributed by atoms with Gasteiger partial charge in [-0.2, -0.15) is 0 Å². The highest BCUT2D eigenvalue weighted by atomic mass is 127. The predicted octanol–water partition coefficient (Wildman–Crippen LogP) is 1.28. The standard InChI is InChI=1S/C20H33N5O4S.HI/c1-4-29-12-11-20(9-10-20)15-24-19(23-14-18(26)25(2)3)22-13-16-5-7-17(8-6-16)30(21,27)28;/h5-8H,4,9-15H2,1-3H3,(H2,21,27,28)(H2,22,23,24);1H. The maximum absolute atomic E-state index is 11.9. The van der Waals surface area contributed by atoms with Crippen molar-refractivity contribution >= 4 is 45.9 Å². The van der Waals surface area contributed by atoms with Gasteiger partial charge in [-0.05, 0) is 49.3 Å². The van der Waals surface area contributed by atoms with Gasteiger partial charge in [-0.25, -0.2) is 18.5 Å². The first-order valence-corrected chi connectivity index (χ1v) is 11.6. The molecule has 1 aliphatic carbocycles. The minimum atomic E-state index is -3.72. The van der Waals surface area contributed by atoms with Crippen LogP contribution in [0.25, 0.3) is 0 Å². The van der Waals surface area contributed by atoms with E-state index in [0.29, 0.717) is 19.1 Å². The molecule has 0 bridgehead atoms. The molecule has 0 unspecified atom stereocenters. The number of benzene rings is 1. The van der Waals surface area contributed by atoms with Gasteiger partial charge in [-0.15, -0.1) is 24.0 Å². The zero-order valence-corrected chi connectivity index (χ0v) is 21.5. The number of sulfonamides is 1. The van der Waals surface area contributed by atoms with Crippen molar-refractivity contribution in [2.24, 2.45) is 15.5 Å². The molecule has 0 atom stereocenters. The molecule has 0 spiro atoms. The van der Waals surface area contributed by atoms with Crippen molar-refractivity contribution in [2.45, 2.75) is 37.6 Å². The lowest BCUT2D eigenvalue weighted by atomic mass is 10.0. The molecular formula is C20H34IN5O4S. The molecule has 4 N–H and O–H groups in total. The second kappa shape index (κ2) is 12.6. The second-order valence-electron chi connectivity index (χ2n) is 7.80. The summed E-state index contributed by atoms with van der Waals surface area (Å²) >= 11 is 0. The van der Waals surface area contributed by atoms with E-state index >= 15 is 0 Å². The molecule has 0 heterocycles. The van der Waals surface area contributed by atoms with Crippen molar-refractivity contribution in [2.75, 3.05) is 40.4 Å². The first-order chi connectivity index (χ1) is 14.1. The number of primary sulfonamides is 1. The van der Waals surface area contributed by atoms with Gasteiger partial charge in [0.25, 0.3) is 0 Å². The van der Waals surface area contributed by atoms with E-state index in [4.69, 9.17) is 9.88 Å². The van der Waals surface area contributed by atoms with Gasteiger partial charge in [-0.1, -0.05) is 12.1 Å². The average Bonchev–Trinajstić information content (AvgIpc) is 3.47. The van der Waals surface area contributed by atoms with E-state index < -0.39 is 10.0 Å². The molecule has 1 saturated carbocycles. The highest BCUT2D eigenvalue weighted by molar-refractivity contribution is 14.0. The van der Waals surface area contributed by atoms with Crippen LogP contribution in [0, 0.1) is 5.41 Å². The Bertz CT molecular complexity index is 840. The number of rotatable bonds is 11. The third-order valence-corrected chi connectivity index (χ3v) is 6.08. The van der Waals surface area contributed by atoms with Crippen molar-refractivity contribution in [3.8, 4) is 0 Å². The van der Waals surface area contributed by atoms with Crippen LogP contribution >= 0.6 is 24.0 Å². The van der Waals surface area contributed by atoms with E-state index in [2.05, 4.69) is 15.6 Å². The lowest BCUT2D eigenvalue weighted by Crippen LogP contribution is -2.44. The summed E-state index contributed by atoms with van der Waals surface area (Å²) in [5.41, 5.74) is 1.06. The number of carbonyl (C=O) groups is 1. The molecule has 9 nitrogen and oxygen atoms in total. The Balaban J connectivity index is 0.00000480. The van der Waals surface area contributed by atoms with Crippen molar-refractivity contribution < 1.29 is 17.9 Å². The number of carbonyl (C=O) groups excluding carboxylic acids is 1. The van der Waals surface area contributed by atoms with Crippen molar-refractivity contribution in [3.05, 3.63) is 29.8 Å². The lowest BCUT2D eigenvalue weighted by Gasteiger charge is -2.19. The second-order valence-corrected chi connectivity index (χ2v) is 9.36. The minimum absolute atomic E-state index is 0. The molecule has 0 saturated heterocycles. The number of guanidine groups is 1. The SMILES string of the molecule is CCOCCC1(CNC(=NCc2ccc(S(N)(=O)=O)cc2)NCC(=O)N(C)C)CC1.I. The number of ether oxygens (including phenoxy) is 1. The van der Waals surface area contributed by atoms with Gasteiger partial charge in [0.2, 0.25) is 15.9 Å². The van der Waals surface area contributed by atoms with Gasteiger partial charge in [0.05, 0.1) is 18.0 Å². The van der Waals surface area contributed by atoms with Crippen LogP contribution < -0.4 is 15.8 Å². The molecule has 11 heteroatoms. The molecular weight excluding hydrogens is 533 g/mol. The highest BCUT2D eigenvalue weighted by Gasteiger charge is 2.42. The van der Waals surface area contributed by atoms with Crippen LogP contribution in [-0.2, 0) is 26.1 Å². The molecule has 1 aromatic rings. The highest BCUT2D eigenvalue weighted by Crippen LogP contribution is 2.48. The lowest BCUT2D eigenvalue weighted by molar-refractivity contribution is -0.127. The van der Waals surface area contributed by atoms with Gasteiger partial charge in [0.15, 0.2) is 5.96 Å². The average molecular weight is 567 g/mol. The molecule has 1 aliphatic rings. The van der Waals surface area contributed by atoms with Crippen LogP contribution in [0.5, 0.6) is 0 Å². The molecule has 0 radical (unpaired) electrons. The number of hydrogen-bond acceptors (Lipinski definition) is 5. The summed E-state index contributed by atoms with van der Waals surface area (Å²) in [7, 11) is -0.313. The monoisotopic (exact) mass is 567 g/mol. The summed E-state index contributed by atoms with van der Waals surface area (Å²) < 4.78 is 28.2. The number of nitrogens with one attached hydrogen (secondary N) is 2. The Morgan fingerprint density at radius 1 is 1.23 bits per heavy atom. The fourth-order valence-corrected chi connectivity index (χ4v) is 3.36. The van der Waals surface area contributed by atoms with Crippen molar-refractivity contribution in [3.63, 3.8) is 0 Å². The van der Waals surface area contributed by atoms with Gasteiger partial charge in [-0.3, -0.25) is 4.79 Å². The van der Waals surface area contributed by atoms with E-state index in [1.54, 1.807) is 26.2 Å². The van der Waals surface area contributed by atoms with Crippen molar-refractivity contribution in [1.29, 1.82) is 0 Å². The fraction of sp³-hybridized carbons (Fsp3) is 0.600. The van der Waals surface area contributed by atoms with Crippen LogP contribution in [0.15, 0.2) is 34.2 Å². The quantitative estimate of drug-likeness (QED) is 0.160. The third kappa shape index (κ3) is 9.71. The topological polar surface area (TPSA) is 126 Å². The van der Waals surface area contributed by atoms with E-state index in [0.717, 1.165) is 38.0 Å². The van der Waals surface area contributed by atoms with E-state index in [1.165, 1.54) is 17.0 Å². The Morgan fingerprint density at radius 3 is 2.39 bits per heavy atom.